The Balaban J connectivity index is 2.51. The Labute approximate surface area is 73.4 Å². The smallest absolute Gasteiger partial charge is 0.109 e. The molecular formula is C9H16N2O. The van der Waals surface area contributed by atoms with Gasteiger partial charge >= 0.3 is 0 Å². The van der Waals surface area contributed by atoms with Gasteiger partial charge in [-0.25, -0.2) is 0 Å². The van der Waals surface area contributed by atoms with Crippen LogP contribution in [0.3, 0.4) is 0 Å². The van der Waals surface area contributed by atoms with Crippen LogP contribution in [0.5, 0.6) is 0 Å². The second-order valence-corrected chi connectivity index (χ2v) is 3.36. The molecule has 0 heterocycles. The maximum atomic E-state index is 9.02. The highest BCUT2D eigenvalue weighted by Crippen LogP contribution is 2.41. The maximum Gasteiger partial charge on any atom is 0.109 e. The lowest BCUT2D eigenvalue weighted by Crippen LogP contribution is -2.46. The predicted octanol–water partition coefficient (Wildman–Crippen LogP) is 0.651. The lowest BCUT2D eigenvalue weighted by molar-refractivity contribution is 0.259. The van der Waals surface area contributed by atoms with Gasteiger partial charge in [-0.2, -0.15) is 5.26 Å². The Hall–Kier alpha value is -0.590. The van der Waals surface area contributed by atoms with Gasteiger partial charge < -0.3 is 5.11 Å². The van der Waals surface area contributed by atoms with Gasteiger partial charge in [0.25, 0.3) is 0 Å². The van der Waals surface area contributed by atoms with Gasteiger partial charge in [0.1, 0.15) is 5.54 Å². The molecule has 3 heteroatoms. The minimum atomic E-state index is -0.358. The summed E-state index contributed by atoms with van der Waals surface area (Å²) in [5.74, 6) is 0.513. The number of β-amino-alcohol motifs (C(OH)–C–C–N with tert-alkyl or cyclic N) is 1. The van der Waals surface area contributed by atoms with Crippen molar-refractivity contribution in [2.75, 3.05) is 13.2 Å². The van der Waals surface area contributed by atoms with Gasteiger partial charge in [0.2, 0.25) is 0 Å². The fourth-order valence-electron chi connectivity index (χ4n) is 1.62. The summed E-state index contributed by atoms with van der Waals surface area (Å²) in [7, 11) is 0. The van der Waals surface area contributed by atoms with E-state index in [0.717, 1.165) is 19.3 Å². The van der Waals surface area contributed by atoms with Gasteiger partial charge in [-0.3, -0.25) is 5.32 Å². The highest BCUT2D eigenvalue weighted by molar-refractivity contribution is 5.14. The molecule has 0 spiro atoms. The fourth-order valence-corrected chi connectivity index (χ4v) is 1.62. The van der Waals surface area contributed by atoms with Gasteiger partial charge in [0, 0.05) is 6.54 Å². The fraction of sp³-hybridized carbons (Fsp3) is 0.889. The van der Waals surface area contributed by atoms with Gasteiger partial charge in [-0.05, 0) is 25.2 Å². The Bertz CT molecular complexity index is 183. The maximum absolute atomic E-state index is 9.02. The summed E-state index contributed by atoms with van der Waals surface area (Å²) >= 11 is 0. The molecule has 0 aliphatic heterocycles. The minimum Gasteiger partial charge on any atom is -0.395 e. The van der Waals surface area contributed by atoms with E-state index in [2.05, 4.69) is 11.4 Å². The lowest BCUT2D eigenvalue weighted by Gasteiger charge is -2.25. The normalized spacial score (nSPS) is 21.4. The number of nitrogens with one attached hydrogen (secondary N) is 1. The molecule has 0 amide bonds. The molecular weight excluding hydrogens is 152 g/mol. The first-order valence-electron chi connectivity index (χ1n) is 4.56. The Morgan fingerprint density at radius 1 is 1.67 bits per heavy atom. The summed E-state index contributed by atoms with van der Waals surface area (Å²) in [6.07, 6.45) is 3.13. The summed E-state index contributed by atoms with van der Waals surface area (Å²) in [6, 6.07) is 2.34. The predicted molar refractivity (Wildman–Crippen MR) is 46.4 cm³/mol. The van der Waals surface area contributed by atoms with Crippen molar-refractivity contribution in [3.63, 3.8) is 0 Å². The van der Waals surface area contributed by atoms with E-state index in [-0.39, 0.29) is 12.1 Å². The molecule has 1 aliphatic carbocycles. The Kier molecular flexibility index (Phi) is 3.07. The van der Waals surface area contributed by atoms with Crippen molar-refractivity contribution in [1.29, 1.82) is 5.26 Å². The number of aliphatic hydroxyl groups excluding tert-OH is 1. The molecule has 1 aliphatic rings. The summed E-state index contributed by atoms with van der Waals surface area (Å²) in [5.41, 5.74) is -0.358. The van der Waals surface area contributed by atoms with Crippen LogP contribution in [-0.4, -0.2) is 23.8 Å². The zero-order valence-corrected chi connectivity index (χ0v) is 7.51. The Morgan fingerprint density at radius 2 is 2.33 bits per heavy atom. The number of hydrogen-bond acceptors (Lipinski definition) is 3. The first kappa shape index (κ1) is 9.50. The molecule has 0 radical (unpaired) electrons. The van der Waals surface area contributed by atoms with E-state index >= 15 is 0 Å². The number of nitrogens with zero attached hydrogens (tertiary/aromatic N) is 1. The van der Waals surface area contributed by atoms with Crippen molar-refractivity contribution in [2.45, 2.75) is 31.7 Å². The van der Waals surface area contributed by atoms with Crippen LogP contribution in [0.2, 0.25) is 0 Å². The largest absolute Gasteiger partial charge is 0.395 e. The highest BCUT2D eigenvalue weighted by atomic mass is 16.3. The molecule has 2 N–H and O–H groups in total. The molecule has 1 rings (SSSR count). The molecule has 3 nitrogen and oxygen atoms in total. The second kappa shape index (κ2) is 3.88. The third kappa shape index (κ3) is 1.77. The van der Waals surface area contributed by atoms with Crippen LogP contribution in [-0.2, 0) is 0 Å². The number of aliphatic hydroxyl groups is 1. The minimum absolute atomic E-state index is 0.107. The van der Waals surface area contributed by atoms with Crippen LogP contribution in [0.25, 0.3) is 0 Å². The van der Waals surface area contributed by atoms with Crippen molar-refractivity contribution in [3.05, 3.63) is 0 Å². The second-order valence-electron chi connectivity index (χ2n) is 3.36. The number of nitriles is 1. The molecule has 0 aromatic rings. The molecule has 1 saturated carbocycles. The van der Waals surface area contributed by atoms with Crippen LogP contribution in [0.15, 0.2) is 0 Å². The standard InChI is InChI=1S/C9H16N2O/c1-2-9(7-10,8-3-4-8)11-5-6-12/h8,11-12H,2-6H2,1H3. The van der Waals surface area contributed by atoms with E-state index in [0.29, 0.717) is 12.5 Å². The van der Waals surface area contributed by atoms with Crippen molar-refractivity contribution < 1.29 is 5.11 Å². The van der Waals surface area contributed by atoms with E-state index in [4.69, 9.17) is 10.4 Å². The van der Waals surface area contributed by atoms with E-state index < -0.39 is 0 Å². The molecule has 1 unspecified atom stereocenters. The summed E-state index contributed by atoms with van der Waals surface area (Å²) in [6.45, 7) is 2.65. The van der Waals surface area contributed by atoms with E-state index in [9.17, 15) is 0 Å². The van der Waals surface area contributed by atoms with Crippen LogP contribution < -0.4 is 5.32 Å². The topological polar surface area (TPSA) is 56.0 Å². The first-order chi connectivity index (χ1) is 5.79. The van der Waals surface area contributed by atoms with Gasteiger partial charge in [-0.1, -0.05) is 6.92 Å². The summed E-state index contributed by atoms with van der Waals surface area (Å²) in [5, 5.41) is 20.8. The summed E-state index contributed by atoms with van der Waals surface area (Å²) in [4.78, 5) is 0. The average molecular weight is 168 g/mol. The monoisotopic (exact) mass is 168 g/mol. The van der Waals surface area contributed by atoms with Crippen molar-refractivity contribution in [1.82, 2.24) is 5.32 Å². The van der Waals surface area contributed by atoms with Crippen LogP contribution in [0, 0.1) is 17.2 Å². The third-order valence-corrected chi connectivity index (χ3v) is 2.58. The first-order valence-corrected chi connectivity index (χ1v) is 4.56. The zero-order valence-electron chi connectivity index (χ0n) is 7.51. The average Bonchev–Trinajstić information content (AvgIpc) is 2.91. The van der Waals surface area contributed by atoms with Gasteiger partial charge in [0.15, 0.2) is 0 Å². The highest BCUT2D eigenvalue weighted by Gasteiger charge is 2.43. The van der Waals surface area contributed by atoms with Crippen molar-refractivity contribution in [2.24, 2.45) is 5.92 Å². The SMILES string of the molecule is CCC(C#N)(NCCO)C1CC1. The Morgan fingerprint density at radius 3 is 2.67 bits per heavy atom. The molecule has 12 heavy (non-hydrogen) atoms. The molecule has 1 fully saturated rings. The summed E-state index contributed by atoms with van der Waals surface area (Å²) < 4.78 is 0. The van der Waals surface area contributed by atoms with Crippen molar-refractivity contribution in [3.8, 4) is 6.07 Å². The van der Waals surface area contributed by atoms with Crippen LogP contribution in [0.1, 0.15) is 26.2 Å². The van der Waals surface area contributed by atoms with Crippen LogP contribution >= 0.6 is 0 Å². The molecule has 68 valence electrons. The molecule has 1 atom stereocenters. The quantitative estimate of drug-likeness (QED) is 0.633. The number of rotatable bonds is 5. The number of hydrogen-bond donors (Lipinski definition) is 2. The third-order valence-electron chi connectivity index (χ3n) is 2.58. The zero-order chi connectivity index (χ0) is 9.03. The lowest BCUT2D eigenvalue weighted by atomic mass is 9.92. The van der Waals surface area contributed by atoms with Gasteiger partial charge in [-0.15, -0.1) is 0 Å². The van der Waals surface area contributed by atoms with Crippen LogP contribution in [0.4, 0.5) is 0 Å². The van der Waals surface area contributed by atoms with Gasteiger partial charge in [0.05, 0.1) is 12.7 Å². The molecule has 0 bridgehead atoms. The van der Waals surface area contributed by atoms with E-state index in [1.165, 1.54) is 0 Å². The van der Waals surface area contributed by atoms with E-state index in [1.54, 1.807) is 0 Å². The molecule has 0 saturated heterocycles. The molecule has 0 aromatic heterocycles. The van der Waals surface area contributed by atoms with Crippen molar-refractivity contribution >= 4 is 0 Å². The van der Waals surface area contributed by atoms with E-state index in [1.807, 2.05) is 6.92 Å². The molecule has 0 aromatic carbocycles.